The van der Waals surface area contributed by atoms with Crippen LogP contribution in [0.2, 0.25) is 5.02 Å². The number of aldehydes is 1. The number of aryl methyl sites for hydroxylation is 1. The molecule has 0 amide bonds. The summed E-state index contributed by atoms with van der Waals surface area (Å²) >= 11 is 6.20. The third-order valence-electron chi connectivity index (χ3n) is 3.40. The van der Waals surface area contributed by atoms with Gasteiger partial charge < -0.3 is 4.98 Å². The number of rotatable bonds is 2. The summed E-state index contributed by atoms with van der Waals surface area (Å²) in [5, 5.41) is 1.23. The predicted molar refractivity (Wildman–Crippen MR) is 78.8 cm³/mol. The van der Waals surface area contributed by atoms with Crippen molar-refractivity contribution < 1.29 is 9.18 Å². The molecule has 0 unspecified atom stereocenters. The fourth-order valence-electron chi connectivity index (χ4n) is 2.39. The highest BCUT2D eigenvalue weighted by molar-refractivity contribution is 6.37. The standard InChI is InChI=1S/C16H11ClFNO/c1-9-2-7-13(17)14-12(8-20)16(19-15(9)14)10-3-5-11(18)6-4-10/h2-8,19H,1H3. The maximum absolute atomic E-state index is 13.0. The van der Waals surface area contributed by atoms with Crippen molar-refractivity contribution in [3.8, 4) is 11.3 Å². The lowest BCUT2D eigenvalue weighted by Crippen LogP contribution is -1.85. The van der Waals surface area contributed by atoms with E-state index in [9.17, 15) is 9.18 Å². The minimum Gasteiger partial charge on any atom is -0.354 e. The Morgan fingerprint density at radius 2 is 1.85 bits per heavy atom. The van der Waals surface area contributed by atoms with Crippen molar-refractivity contribution in [1.29, 1.82) is 0 Å². The highest BCUT2D eigenvalue weighted by Crippen LogP contribution is 2.35. The van der Waals surface area contributed by atoms with E-state index in [1.807, 2.05) is 13.0 Å². The summed E-state index contributed by atoms with van der Waals surface area (Å²) in [6.07, 6.45) is 0.781. The van der Waals surface area contributed by atoms with Crippen molar-refractivity contribution in [1.82, 2.24) is 4.98 Å². The Hall–Kier alpha value is -2.13. The van der Waals surface area contributed by atoms with Crippen LogP contribution in [0, 0.1) is 12.7 Å². The predicted octanol–water partition coefficient (Wildman–Crippen LogP) is 4.75. The lowest BCUT2D eigenvalue weighted by Gasteiger charge is -1.99. The Morgan fingerprint density at radius 3 is 2.50 bits per heavy atom. The second kappa shape index (κ2) is 4.76. The molecule has 2 aromatic carbocycles. The van der Waals surface area contributed by atoms with Gasteiger partial charge in [-0.15, -0.1) is 0 Å². The van der Waals surface area contributed by atoms with Crippen LogP contribution in [0.1, 0.15) is 15.9 Å². The number of hydrogen-bond donors (Lipinski definition) is 1. The third kappa shape index (κ3) is 1.91. The first kappa shape index (κ1) is 12.9. The van der Waals surface area contributed by atoms with Crippen LogP contribution in [0.15, 0.2) is 36.4 Å². The monoisotopic (exact) mass is 287 g/mol. The normalized spacial score (nSPS) is 10.9. The molecule has 3 aromatic rings. The summed E-state index contributed by atoms with van der Waals surface area (Å²) in [6.45, 7) is 1.94. The minimum atomic E-state index is -0.313. The number of nitrogens with one attached hydrogen (secondary N) is 1. The number of benzene rings is 2. The van der Waals surface area contributed by atoms with Crippen LogP contribution >= 0.6 is 11.6 Å². The molecule has 0 aliphatic rings. The molecule has 2 nitrogen and oxygen atoms in total. The first-order valence-corrected chi connectivity index (χ1v) is 6.51. The first-order valence-electron chi connectivity index (χ1n) is 6.13. The molecule has 20 heavy (non-hydrogen) atoms. The van der Waals surface area contributed by atoms with Crippen molar-refractivity contribution in [2.24, 2.45) is 0 Å². The van der Waals surface area contributed by atoms with E-state index in [1.165, 1.54) is 12.1 Å². The van der Waals surface area contributed by atoms with Gasteiger partial charge in [-0.25, -0.2) is 4.39 Å². The Balaban J connectivity index is 2.36. The molecular formula is C16H11ClFNO. The van der Waals surface area contributed by atoms with E-state index >= 15 is 0 Å². The van der Waals surface area contributed by atoms with E-state index < -0.39 is 0 Å². The quantitative estimate of drug-likeness (QED) is 0.678. The molecule has 1 N–H and O–H groups in total. The average Bonchev–Trinajstić information content (AvgIpc) is 2.84. The Morgan fingerprint density at radius 1 is 1.15 bits per heavy atom. The summed E-state index contributed by atoms with van der Waals surface area (Å²) < 4.78 is 13.0. The van der Waals surface area contributed by atoms with Gasteiger partial charge in [0, 0.05) is 10.9 Å². The van der Waals surface area contributed by atoms with Gasteiger partial charge in [0.05, 0.1) is 16.2 Å². The molecule has 0 radical (unpaired) electrons. The molecule has 0 saturated carbocycles. The van der Waals surface area contributed by atoms with Gasteiger partial charge in [-0.2, -0.15) is 0 Å². The Bertz CT molecular complexity index is 805. The number of fused-ring (bicyclic) bond motifs is 1. The molecule has 4 heteroatoms. The van der Waals surface area contributed by atoms with Gasteiger partial charge in [-0.3, -0.25) is 4.79 Å². The molecular weight excluding hydrogens is 277 g/mol. The summed E-state index contributed by atoms with van der Waals surface area (Å²) in [6, 6.07) is 9.67. The highest BCUT2D eigenvalue weighted by Gasteiger charge is 2.16. The Labute approximate surface area is 120 Å². The van der Waals surface area contributed by atoms with Crippen molar-refractivity contribution in [2.75, 3.05) is 0 Å². The zero-order valence-electron chi connectivity index (χ0n) is 10.7. The highest BCUT2D eigenvalue weighted by atomic mass is 35.5. The molecule has 1 heterocycles. The van der Waals surface area contributed by atoms with E-state index in [4.69, 9.17) is 11.6 Å². The van der Waals surface area contributed by atoms with Crippen molar-refractivity contribution >= 4 is 28.8 Å². The van der Waals surface area contributed by atoms with Gasteiger partial charge >= 0.3 is 0 Å². The number of hydrogen-bond acceptors (Lipinski definition) is 1. The van der Waals surface area contributed by atoms with Crippen LogP contribution in [0.3, 0.4) is 0 Å². The zero-order chi connectivity index (χ0) is 14.3. The van der Waals surface area contributed by atoms with E-state index in [2.05, 4.69) is 4.98 Å². The lowest BCUT2D eigenvalue weighted by molar-refractivity contribution is 0.112. The van der Waals surface area contributed by atoms with Gasteiger partial charge in [-0.05, 0) is 48.4 Å². The largest absolute Gasteiger partial charge is 0.354 e. The van der Waals surface area contributed by atoms with E-state index in [0.717, 1.165) is 22.9 Å². The zero-order valence-corrected chi connectivity index (χ0v) is 11.5. The first-order chi connectivity index (χ1) is 9.61. The van der Waals surface area contributed by atoms with Gasteiger partial charge in [0.1, 0.15) is 5.82 Å². The molecule has 0 saturated heterocycles. The number of aromatic amines is 1. The third-order valence-corrected chi connectivity index (χ3v) is 3.72. The molecule has 1 aromatic heterocycles. The molecule has 0 bridgehead atoms. The van der Waals surface area contributed by atoms with E-state index in [0.29, 0.717) is 21.7 Å². The molecule has 100 valence electrons. The summed E-state index contributed by atoms with van der Waals surface area (Å²) in [4.78, 5) is 14.7. The van der Waals surface area contributed by atoms with Gasteiger partial charge in [0.2, 0.25) is 0 Å². The SMILES string of the molecule is Cc1ccc(Cl)c2c(C=O)c(-c3ccc(F)cc3)[nH]c12. The van der Waals surface area contributed by atoms with Crippen LogP contribution in [-0.4, -0.2) is 11.3 Å². The van der Waals surface area contributed by atoms with E-state index in [-0.39, 0.29) is 5.82 Å². The van der Waals surface area contributed by atoms with Gasteiger partial charge in [0.15, 0.2) is 6.29 Å². The molecule has 3 rings (SSSR count). The number of carbonyl (C=O) groups is 1. The van der Waals surface area contributed by atoms with E-state index in [1.54, 1.807) is 18.2 Å². The topological polar surface area (TPSA) is 32.9 Å². The fourth-order valence-corrected chi connectivity index (χ4v) is 2.64. The van der Waals surface area contributed by atoms with Crippen molar-refractivity contribution in [3.63, 3.8) is 0 Å². The second-order valence-corrected chi connectivity index (χ2v) is 5.06. The molecule has 0 aliphatic carbocycles. The smallest absolute Gasteiger partial charge is 0.152 e. The van der Waals surface area contributed by atoms with Crippen molar-refractivity contribution in [2.45, 2.75) is 6.92 Å². The van der Waals surface area contributed by atoms with Crippen molar-refractivity contribution in [3.05, 3.63) is 58.4 Å². The van der Waals surface area contributed by atoms with Crippen LogP contribution in [-0.2, 0) is 0 Å². The average molecular weight is 288 g/mol. The minimum absolute atomic E-state index is 0.313. The maximum atomic E-state index is 13.0. The Kier molecular flexibility index (Phi) is 3.07. The molecule has 0 spiro atoms. The van der Waals surface area contributed by atoms with Gasteiger partial charge in [0.25, 0.3) is 0 Å². The lowest BCUT2D eigenvalue weighted by atomic mass is 10.1. The summed E-state index contributed by atoms with van der Waals surface area (Å²) in [5.74, 6) is -0.313. The second-order valence-electron chi connectivity index (χ2n) is 4.65. The fraction of sp³-hybridized carbons (Fsp3) is 0.0625. The number of H-pyrrole nitrogens is 1. The number of halogens is 2. The molecule has 0 fully saturated rings. The van der Waals surface area contributed by atoms with Crippen LogP contribution in [0.4, 0.5) is 4.39 Å². The van der Waals surface area contributed by atoms with Gasteiger partial charge in [-0.1, -0.05) is 17.7 Å². The maximum Gasteiger partial charge on any atom is 0.152 e. The summed E-state index contributed by atoms with van der Waals surface area (Å²) in [7, 11) is 0. The number of aromatic nitrogens is 1. The molecule has 0 atom stereocenters. The number of carbonyl (C=O) groups excluding carboxylic acids is 1. The van der Waals surface area contributed by atoms with Crippen LogP contribution < -0.4 is 0 Å². The van der Waals surface area contributed by atoms with Crippen LogP contribution in [0.5, 0.6) is 0 Å². The molecule has 0 aliphatic heterocycles. The summed E-state index contributed by atoms with van der Waals surface area (Å²) in [5.41, 5.74) is 3.74. The van der Waals surface area contributed by atoms with Crippen LogP contribution in [0.25, 0.3) is 22.2 Å².